The fourth-order valence-electron chi connectivity index (χ4n) is 2.07. The normalized spacial score (nSPS) is 11.0. The lowest BCUT2D eigenvalue weighted by Crippen LogP contribution is -2.17. The minimum Gasteiger partial charge on any atom is -0.496 e. The first-order chi connectivity index (χ1) is 10.8. The molecule has 6 nitrogen and oxygen atoms in total. The summed E-state index contributed by atoms with van der Waals surface area (Å²) >= 11 is 0. The maximum absolute atomic E-state index is 12.1. The fraction of sp³-hybridized carbons (Fsp3) is 0.0625. The molecule has 0 spiro atoms. The van der Waals surface area contributed by atoms with Crippen LogP contribution in [0.3, 0.4) is 0 Å². The van der Waals surface area contributed by atoms with Crippen molar-refractivity contribution in [1.29, 1.82) is 0 Å². The first kappa shape index (κ1) is 13.8. The Kier molecular flexibility index (Phi) is 3.82. The summed E-state index contributed by atoms with van der Waals surface area (Å²) in [4.78, 5) is 19.1. The van der Waals surface area contributed by atoms with Crippen LogP contribution in [-0.4, -0.2) is 29.2 Å². The number of fused-ring (bicyclic) bond motifs is 1. The Morgan fingerprint density at radius 3 is 3.05 bits per heavy atom. The number of rotatable bonds is 4. The largest absolute Gasteiger partial charge is 0.496 e. The number of hydrazone groups is 1. The lowest BCUT2D eigenvalue weighted by atomic mass is 10.2. The van der Waals surface area contributed by atoms with Gasteiger partial charge in [0.2, 0.25) is 0 Å². The number of ether oxygens (including phenoxy) is 1. The number of carbonyl (C=O) groups is 1. The van der Waals surface area contributed by atoms with Gasteiger partial charge in [-0.3, -0.25) is 4.79 Å². The van der Waals surface area contributed by atoms with E-state index in [1.54, 1.807) is 37.9 Å². The zero-order chi connectivity index (χ0) is 15.4. The Balaban J connectivity index is 1.72. The van der Waals surface area contributed by atoms with Crippen molar-refractivity contribution >= 4 is 23.2 Å². The Morgan fingerprint density at radius 1 is 1.32 bits per heavy atom. The maximum Gasteiger partial charge on any atom is 0.271 e. The third kappa shape index (κ3) is 2.80. The molecule has 22 heavy (non-hydrogen) atoms. The van der Waals surface area contributed by atoms with E-state index in [0.717, 1.165) is 16.6 Å². The number of amides is 1. The third-order valence-corrected chi connectivity index (χ3v) is 3.19. The predicted octanol–water partition coefficient (Wildman–Crippen LogP) is 2.34. The number of aromatic nitrogens is 2. The van der Waals surface area contributed by atoms with Crippen LogP contribution in [0.1, 0.15) is 15.9 Å². The van der Waals surface area contributed by atoms with Gasteiger partial charge in [-0.05, 0) is 30.3 Å². The van der Waals surface area contributed by atoms with E-state index in [-0.39, 0.29) is 5.91 Å². The van der Waals surface area contributed by atoms with Crippen molar-refractivity contribution < 1.29 is 9.53 Å². The van der Waals surface area contributed by atoms with Gasteiger partial charge in [-0.2, -0.15) is 5.10 Å². The number of H-pyrrole nitrogens is 1. The van der Waals surface area contributed by atoms with Crippen LogP contribution in [0, 0.1) is 0 Å². The van der Waals surface area contributed by atoms with Crippen LogP contribution in [-0.2, 0) is 0 Å². The van der Waals surface area contributed by atoms with Crippen LogP contribution < -0.4 is 10.2 Å². The highest BCUT2D eigenvalue weighted by Gasteiger charge is 2.06. The molecular weight excluding hydrogens is 280 g/mol. The molecule has 0 saturated carbocycles. The van der Waals surface area contributed by atoms with E-state index in [2.05, 4.69) is 20.5 Å². The minimum atomic E-state index is -0.289. The molecule has 1 amide bonds. The van der Waals surface area contributed by atoms with Crippen molar-refractivity contribution in [1.82, 2.24) is 15.4 Å². The summed E-state index contributed by atoms with van der Waals surface area (Å²) in [5.41, 5.74) is 5.41. The molecule has 1 aromatic heterocycles. The summed E-state index contributed by atoms with van der Waals surface area (Å²) in [6.07, 6.45) is 3.14. The molecule has 0 aliphatic rings. The quantitative estimate of drug-likeness (QED) is 0.572. The Bertz CT molecular complexity index is 839. The van der Waals surface area contributed by atoms with Crippen LogP contribution in [0.2, 0.25) is 0 Å². The van der Waals surface area contributed by atoms with Crippen molar-refractivity contribution in [2.75, 3.05) is 7.11 Å². The lowest BCUT2D eigenvalue weighted by Gasteiger charge is -2.03. The van der Waals surface area contributed by atoms with E-state index in [0.29, 0.717) is 11.3 Å². The van der Waals surface area contributed by atoms with Gasteiger partial charge in [0.1, 0.15) is 5.75 Å². The average Bonchev–Trinajstić information content (AvgIpc) is 3.02. The van der Waals surface area contributed by atoms with Crippen molar-refractivity contribution in [2.45, 2.75) is 0 Å². The number of methoxy groups -OCH3 is 1. The monoisotopic (exact) mass is 294 g/mol. The van der Waals surface area contributed by atoms with Crippen molar-refractivity contribution in [3.05, 3.63) is 59.9 Å². The minimum absolute atomic E-state index is 0.289. The van der Waals surface area contributed by atoms with E-state index < -0.39 is 0 Å². The summed E-state index contributed by atoms with van der Waals surface area (Å²) in [6.45, 7) is 0. The second-order valence-corrected chi connectivity index (χ2v) is 4.58. The first-order valence-electron chi connectivity index (χ1n) is 6.67. The van der Waals surface area contributed by atoms with Gasteiger partial charge in [0.15, 0.2) is 0 Å². The number of para-hydroxylation sites is 1. The Hall–Kier alpha value is -3.15. The zero-order valence-corrected chi connectivity index (χ0v) is 11.9. The molecule has 6 heteroatoms. The molecule has 0 atom stereocenters. The van der Waals surface area contributed by atoms with E-state index in [9.17, 15) is 4.79 Å². The molecule has 2 N–H and O–H groups in total. The van der Waals surface area contributed by atoms with E-state index >= 15 is 0 Å². The van der Waals surface area contributed by atoms with Crippen molar-refractivity contribution in [2.24, 2.45) is 5.10 Å². The summed E-state index contributed by atoms with van der Waals surface area (Å²) in [5.74, 6) is 0.405. The number of nitrogens with zero attached hydrogens (tertiary/aromatic N) is 2. The smallest absolute Gasteiger partial charge is 0.271 e. The molecule has 0 aliphatic heterocycles. The molecule has 3 rings (SSSR count). The molecule has 0 unspecified atom stereocenters. The number of carbonyl (C=O) groups excluding carboxylic acids is 1. The SMILES string of the molecule is COc1ccccc1/C=N\NC(=O)c1ccc2nc[nH]c2c1. The summed E-state index contributed by atoms with van der Waals surface area (Å²) < 4.78 is 5.21. The van der Waals surface area contributed by atoms with Gasteiger partial charge in [-0.1, -0.05) is 12.1 Å². The standard InChI is InChI=1S/C16H14N4O2/c1-22-15-5-3-2-4-12(15)9-19-20-16(21)11-6-7-13-14(8-11)18-10-17-13/h2-10H,1H3,(H,17,18)(H,20,21)/b19-9-. The first-order valence-corrected chi connectivity index (χ1v) is 6.67. The maximum atomic E-state index is 12.1. The van der Waals surface area contributed by atoms with Crippen LogP contribution >= 0.6 is 0 Å². The predicted molar refractivity (Wildman–Crippen MR) is 84.1 cm³/mol. The number of hydrogen-bond acceptors (Lipinski definition) is 4. The van der Waals surface area contributed by atoms with Gasteiger partial charge in [0.05, 0.1) is 30.7 Å². The second kappa shape index (κ2) is 6.09. The zero-order valence-electron chi connectivity index (χ0n) is 11.9. The Morgan fingerprint density at radius 2 is 2.18 bits per heavy atom. The molecule has 0 bridgehead atoms. The average molecular weight is 294 g/mol. The number of aromatic amines is 1. The van der Waals surface area contributed by atoms with Crippen molar-refractivity contribution in [3.63, 3.8) is 0 Å². The van der Waals surface area contributed by atoms with Gasteiger partial charge >= 0.3 is 0 Å². The van der Waals surface area contributed by atoms with Gasteiger partial charge in [0.25, 0.3) is 5.91 Å². The fourth-order valence-corrected chi connectivity index (χ4v) is 2.07. The Labute approximate surface area is 126 Å². The molecule has 110 valence electrons. The number of hydrogen-bond donors (Lipinski definition) is 2. The van der Waals surface area contributed by atoms with Gasteiger partial charge in [0, 0.05) is 11.1 Å². The molecule has 0 saturated heterocycles. The highest BCUT2D eigenvalue weighted by Crippen LogP contribution is 2.14. The van der Waals surface area contributed by atoms with Crippen molar-refractivity contribution in [3.8, 4) is 5.75 Å². The van der Waals surface area contributed by atoms with Gasteiger partial charge in [-0.25, -0.2) is 10.4 Å². The molecule has 0 radical (unpaired) electrons. The molecule has 1 heterocycles. The molecule has 0 fully saturated rings. The highest BCUT2D eigenvalue weighted by atomic mass is 16.5. The van der Waals surface area contributed by atoms with E-state index in [4.69, 9.17) is 4.74 Å². The summed E-state index contributed by atoms with van der Waals surface area (Å²) in [6, 6.07) is 12.6. The van der Waals surface area contributed by atoms with Crippen LogP contribution in [0.15, 0.2) is 53.9 Å². The molecule has 2 aromatic carbocycles. The number of imidazole rings is 1. The van der Waals surface area contributed by atoms with E-state index in [1.165, 1.54) is 0 Å². The molecular formula is C16H14N4O2. The third-order valence-electron chi connectivity index (χ3n) is 3.19. The van der Waals surface area contributed by atoms with Crippen LogP contribution in [0.4, 0.5) is 0 Å². The van der Waals surface area contributed by atoms with Gasteiger partial charge < -0.3 is 9.72 Å². The second-order valence-electron chi connectivity index (χ2n) is 4.58. The summed E-state index contributed by atoms with van der Waals surface area (Å²) in [7, 11) is 1.59. The topological polar surface area (TPSA) is 79.4 Å². The lowest BCUT2D eigenvalue weighted by molar-refractivity contribution is 0.0955. The van der Waals surface area contributed by atoms with Crippen LogP contribution in [0.25, 0.3) is 11.0 Å². The van der Waals surface area contributed by atoms with Crippen LogP contribution in [0.5, 0.6) is 5.75 Å². The number of nitrogens with one attached hydrogen (secondary N) is 2. The summed E-state index contributed by atoms with van der Waals surface area (Å²) in [5, 5.41) is 3.96. The van der Waals surface area contributed by atoms with E-state index in [1.807, 2.05) is 24.3 Å². The molecule has 3 aromatic rings. The van der Waals surface area contributed by atoms with Gasteiger partial charge in [-0.15, -0.1) is 0 Å². The molecule has 0 aliphatic carbocycles. The number of benzene rings is 2. The highest BCUT2D eigenvalue weighted by molar-refractivity contribution is 5.97.